The Kier molecular flexibility index (Phi) is 10.2. The first-order chi connectivity index (χ1) is 25.0. The number of hydrogen-bond donors (Lipinski definition) is 4. The van der Waals surface area contributed by atoms with Gasteiger partial charge in [-0.25, -0.2) is 0 Å². The molecule has 8 nitrogen and oxygen atoms in total. The van der Waals surface area contributed by atoms with Crippen molar-refractivity contribution >= 4 is 33.4 Å². The van der Waals surface area contributed by atoms with Gasteiger partial charge in [-0.05, 0) is 57.6 Å². The van der Waals surface area contributed by atoms with E-state index in [-0.39, 0.29) is 13.2 Å². The SMILES string of the molecule is O=C(N[C@H](CO)Cc1ccccc1)[C@@H]1OC(c2ccc3ccccc3c2)(c2ccc3ccccc3c2)O[C@H]1C(=O)N[C@H](CO)Cc1ccccc1. The van der Waals surface area contributed by atoms with E-state index in [0.717, 1.165) is 32.7 Å². The Morgan fingerprint density at radius 2 is 0.902 bits per heavy atom. The standard InChI is InChI=1S/C43H40N2O6/c46-27-37(23-29-11-3-1-4-12-29)44-41(48)39-40(42(49)45-38(28-47)24-30-13-5-2-6-14-30)51-43(50-39,35-21-19-31-15-7-9-17-33(31)25-35)36-22-20-32-16-8-10-18-34(32)26-36/h1-22,25-26,37-40,46-47H,23-24,27-28H2,(H,44,48)(H,45,49)/t37-,38-,39+,40+/m0/s1. The quantitative estimate of drug-likeness (QED) is 0.137. The van der Waals surface area contributed by atoms with Crippen LogP contribution in [0.25, 0.3) is 21.5 Å². The normalized spacial score (nSPS) is 17.9. The Morgan fingerprint density at radius 1 is 0.529 bits per heavy atom. The first-order valence-corrected chi connectivity index (χ1v) is 17.2. The Morgan fingerprint density at radius 3 is 1.29 bits per heavy atom. The highest BCUT2D eigenvalue weighted by atomic mass is 16.8. The monoisotopic (exact) mass is 680 g/mol. The van der Waals surface area contributed by atoms with Gasteiger partial charge in [0.15, 0.2) is 12.2 Å². The van der Waals surface area contributed by atoms with Crippen LogP contribution >= 0.6 is 0 Å². The molecule has 0 spiro atoms. The molecule has 0 unspecified atom stereocenters. The summed E-state index contributed by atoms with van der Waals surface area (Å²) in [7, 11) is 0. The molecule has 258 valence electrons. The van der Waals surface area contributed by atoms with Gasteiger partial charge in [-0.1, -0.05) is 133 Å². The Hall–Kier alpha value is -5.38. The van der Waals surface area contributed by atoms with Crippen LogP contribution in [0.2, 0.25) is 0 Å². The molecule has 1 aliphatic heterocycles. The van der Waals surface area contributed by atoms with Gasteiger partial charge >= 0.3 is 0 Å². The molecule has 6 aromatic carbocycles. The maximum absolute atomic E-state index is 14.3. The lowest BCUT2D eigenvalue weighted by Crippen LogP contribution is -2.53. The lowest BCUT2D eigenvalue weighted by molar-refractivity contribution is -0.162. The summed E-state index contributed by atoms with van der Waals surface area (Å²) in [6.45, 7) is -0.648. The second-order valence-electron chi connectivity index (χ2n) is 13.0. The van der Waals surface area contributed by atoms with Crippen LogP contribution in [0.4, 0.5) is 0 Å². The zero-order chi connectivity index (χ0) is 35.2. The molecular formula is C43H40N2O6. The van der Waals surface area contributed by atoms with Crippen LogP contribution in [0.1, 0.15) is 22.3 Å². The number of benzene rings is 6. The predicted molar refractivity (Wildman–Crippen MR) is 197 cm³/mol. The van der Waals surface area contributed by atoms with E-state index >= 15 is 0 Å². The molecule has 0 aromatic heterocycles. The molecular weight excluding hydrogens is 640 g/mol. The van der Waals surface area contributed by atoms with Crippen LogP contribution in [-0.4, -0.2) is 59.5 Å². The van der Waals surface area contributed by atoms with Crippen molar-refractivity contribution < 1.29 is 29.3 Å². The Labute approximate surface area is 296 Å². The molecule has 8 heteroatoms. The first kappa shape index (κ1) is 34.1. The second-order valence-corrected chi connectivity index (χ2v) is 13.0. The maximum Gasteiger partial charge on any atom is 0.252 e. The molecule has 1 fully saturated rings. The van der Waals surface area contributed by atoms with E-state index in [2.05, 4.69) is 10.6 Å². The number of carbonyl (C=O) groups is 2. The second kappa shape index (κ2) is 15.2. The lowest BCUT2D eigenvalue weighted by atomic mass is 9.93. The highest BCUT2D eigenvalue weighted by Crippen LogP contribution is 2.45. The van der Waals surface area contributed by atoms with Gasteiger partial charge in [-0.15, -0.1) is 0 Å². The van der Waals surface area contributed by atoms with Gasteiger partial charge in [0.2, 0.25) is 5.79 Å². The minimum Gasteiger partial charge on any atom is -0.394 e. The molecule has 1 aliphatic rings. The zero-order valence-electron chi connectivity index (χ0n) is 28.0. The number of ether oxygens (including phenoxy) is 2. The number of nitrogens with one attached hydrogen (secondary N) is 2. The van der Waals surface area contributed by atoms with Crippen LogP contribution < -0.4 is 10.6 Å². The fraction of sp³-hybridized carbons (Fsp3) is 0.209. The number of carbonyl (C=O) groups excluding carboxylic acids is 2. The molecule has 4 N–H and O–H groups in total. The summed E-state index contributed by atoms with van der Waals surface area (Å²) in [5.41, 5.74) is 3.08. The Bertz CT molecular complexity index is 1970. The van der Waals surface area contributed by atoms with Gasteiger partial charge in [0.25, 0.3) is 11.8 Å². The van der Waals surface area contributed by atoms with Gasteiger partial charge in [0.05, 0.1) is 25.3 Å². The molecule has 7 rings (SSSR count). The number of rotatable bonds is 12. The molecule has 0 saturated carbocycles. The lowest BCUT2D eigenvalue weighted by Gasteiger charge is -2.30. The molecule has 4 atom stereocenters. The van der Waals surface area contributed by atoms with Crippen molar-refractivity contribution in [3.63, 3.8) is 0 Å². The van der Waals surface area contributed by atoms with Crippen LogP contribution in [0.5, 0.6) is 0 Å². The Balaban J connectivity index is 1.29. The van der Waals surface area contributed by atoms with Crippen LogP contribution in [-0.2, 0) is 37.7 Å². The third-order valence-electron chi connectivity index (χ3n) is 9.42. The summed E-state index contributed by atoms with van der Waals surface area (Å²) >= 11 is 0. The summed E-state index contributed by atoms with van der Waals surface area (Å²) in [4.78, 5) is 28.6. The molecule has 51 heavy (non-hydrogen) atoms. The highest BCUT2D eigenvalue weighted by Gasteiger charge is 2.56. The van der Waals surface area contributed by atoms with Crippen molar-refractivity contribution in [1.82, 2.24) is 10.6 Å². The average molecular weight is 681 g/mol. The topological polar surface area (TPSA) is 117 Å². The van der Waals surface area contributed by atoms with Crippen LogP contribution in [0.15, 0.2) is 146 Å². The summed E-state index contributed by atoms with van der Waals surface area (Å²) in [6, 6.07) is 45.2. The van der Waals surface area contributed by atoms with E-state index in [1.807, 2.05) is 146 Å². The summed E-state index contributed by atoms with van der Waals surface area (Å²) in [6.07, 6.45) is -2.08. The van der Waals surface area contributed by atoms with E-state index < -0.39 is 41.9 Å². The van der Waals surface area contributed by atoms with Crippen LogP contribution in [0, 0.1) is 0 Å². The van der Waals surface area contributed by atoms with E-state index in [9.17, 15) is 19.8 Å². The van der Waals surface area contributed by atoms with Gasteiger partial charge < -0.3 is 30.3 Å². The van der Waals surface area contributed by atoms with Crippen molar-refractivity contribution in [2.45, 2.75) is 42.9 Å². The van der Waals surface area contributed by atoms with E-state index in [4.69, 9.17) is 9.47 Å². The van der Waals surface area contributed by atoms with Crippen molar-refractivity contribution in [1.29, 1.82) is 0 Å². The van der Waals surface area contributed by atoms with Gasteiger partial charge in [-0.3, -0.25) is 9.59 Å². The van der Waals surface area contributed by atoms with Gasteiger partial charge in [0.1, 0.15) is 0 Å². The van der Waals surface area contributed by atoms with E-state index in [1.165, 1.54) is 0 Å². The number of fused-ring (bicyclic) bond motifs is 2. The maximum atomic E-state index is 14.3. The fourth-order valence-corrected chi connectivity index (χ4v) is 6.80. The van der Waals surface area contributed by atoms with E-state index in [0.29, 0.717) is 24.0 Å². The molecule has 0 aliphatic carbocycles. The van der Waals surface area contributed by atoms with Crippen LogP contribution in [0.3, 0.4) is 0 Å². The number of amides is 2. The highest BCUT2D eigenvalue weighted by molar-refractivity contribution is 5.92. The molecule has 2 amide bonds. The molecule has 1 saturated heterocycles. The zero-order valence-corrected chi connectivity index (χ0v) is 28.0. The average Bonchev–Trinajstić information content (AvgIpc) is 3.60. The predicted octanol–water partition coefficient (Wildman–Crippen LogP) is 5.42. The molecule has 0 radical (unpaired) electrons. The van der Waals surface area contributed by atoms with Crippen molar-refractivity contribution in [2.24, 2.45) is 0 Å². The first-order valence-electron chi connectivity index (χ1n) is 17.2. The van der Waals surface area contributed by atoms with Crippen molar-refractivity contribution in [2.75, 3.05) is 13.2 Å². The van der Waals surface area contributed by atoms with Gasteiger partial charge in [0, 0.05) is 11.1 Å². The molecule has 6 aromatic rings. The summed E-state index contributed by atoms with van der Waals surface area (Å²) in [5.74, 6) is -2.87. The third-order valence-corrected chi connectivity index (χ3v) is 9.42. The molecule has 0 bridgehead atoms. The smallest absolute Gasteiger partial charge is 0.252 e. The largest absolute Gasteiger partial charge is 0.394 e. The summed E-state index contributed by atoms with van der Waals surface area (Å²) in [5, 5.41) is 30.4. The van der Waals surface area contributed by atoms with Gasteiger partial charge in [-0.2, -0.15) is 0 Å². The number of hydrogen-bond acceptors (Lipinski definition) is 6. The van der Waals surface area contributed by atoms with E-state index in [1.54, 1.807) is 0 Å². The van der Waals surface area contributed by atoms with Crippen molar-refractivity contribution in [3.05, 3.63) is 168 Å². The van der Waals surface area contributed by atoms with Crippen molar-refractivity contribution in [3.8, 4) is 0 Å². The minimum absolute atomic E-state index is 0.324. The fourth-order valence-electron chi connectivity index (χ4n) is 6.80. The number of aliphatic hydroxyl groups is 2. The third kappa shape index (κ3) is 7.41. The molecule has 1 heterocycles. The summed E-state index contributed by atoms with van der Waals surface area (Å²) < 4.78 is 13.6. The number of aliphatic hydroxyl groups excluding tert-OH is 2. The minimum atomic E-state index is -1.67.